The number of rotatable bonds is 7. The zero-order valence-corrected chi connectivity index (χ0v) is 15.3. The van der Waals surface area contributed by atoms with Crippen LogP contribution in [0.1, 0.15) is 68.4 Å². The van der Waals surface area contributed by atoms with Gasteiger partial charge >= 0.3 is 0 Å². The number of nitrogens with one attached hydrogen (secondary N) is 1. The number of benzene rings is 1. The summed E-state index contributed by atoms with van der Waals surface area (Å²) < 4.78 is 5.54. The van der Waals surface area contributed by atoms with Crippen molar-refractivity contribution in [2.75, 3.05) is 7.11 Å². The minimum absolute atomic E-state index is 0.0984. The van der Waals surface area contributed by atoms with Crippen molar-refractivity contribution in [3.63, 3.8) is 0 Å². The van der Waals surface area contributed by atoms with Crippen molar-refractivity contribution in [1.29, 1.82) is 0 Å². The van der Waals surface area contributed by atoms with Gasteiger partial charge in [-0.15, -0.1) is 0 Å². The van der Waals surface area contributed by atoms with Gasteiger partial charge in [-0.25, -0.2) is 0 Å². The van der Waals surface area contributed by atoms with E-state index in [1.165, 1.54) is 20.0 Å². The number of methoxy groups -OCH3 is 1. The molecule has 2 N–H and O–H groups in total. The molecule has 0 bridgehead atoms. The Kier molecular flexibility index (Phi) is 5.00. The third-order valence-corrected chi connectivity index (χ3v) is 5.25. The van der Waals surface area contributed by atoms with Gasteiger partial charge in [-0.05, 0) is 25.8 Å². The second-order valence-electron chi connectivity index (χ2n) is 6.93. The summed E-state index contributed by atoms with van der Waals surface area (Å²) in [6, 6.07) is 7.74. The Morgan fingerprint density at radius 3 is 2.60 bits per heavy atom. The first-order valence-corrected chi connectivity index (χ1v) is 9.18. The highest BCUT2D eigenvalue weighted by Gasteiger charge is 2.46. The van der Waals surface area contributed by atoms with Crippen LogP contribution in [0.15, 0.2) is 35.6 Å². The molecule has 0 radical (unpaired) electrons. The fourth-order valence-corrected chi connectivity index (χ4v) is 4.00. The number of carbonyl (C=O) groups excluding carboxylic acids is 1. The SMILES string of the molecule is CCCCCCCC1(O)C(OC)=C(C)C(=O)c2[nH]c3ccccc3c21. The highest BCUT2D eigenvalue weighted by atomic mass is 16.5. The molecule has 1 aliphatic rings. The molecular formula is C21H27NO3. The zero-order chi connectivity index (χ0) is 18.0. The summed E-state index contributed by atoms with van der Waals surface area (Å²) in [6.45, 7) is 3.92. The molecule has 134 valence electrons. The minimum atomic E-state index is -1.26. The number of ether oxygens (including phenoxy) is 1. The molecule has 1 atom stereocenters. The van der Waals surface area contributed by atoms with Crippen LogP contribution in [0.3, 0.4) is 0 Å². The van der Waals surface area contributed by atoms with E-state index >= 15 is 0 Å². The number of Topliss-reactive ketones (excluding diaryl/α,β-unsaturated/α-hetero) is 1. The number of ketones is 1. The first-order chi connectivity index (χ1) is 12.0. The van der Waals surface area contributed by atoms with Gasteiger partial charge in [0.25, 0.3) is 0 Å². The van der Waals surface area contributed by atoms with Gasteiger partial charge in [0, 0.05) is 22.0 Å². The van der Waals surface area contributed by atoms with Crippen molar-refractivity contribution in [1.82, 2.24) is 4.98 Å². The van der Waals surface area contributed by atoms with Crippen molar-refractivity contribution < 1.29 is 14.6 Å². The zero-order valence-electron chi connectivity index (χ0n) is 15.3. The molecule has 4 nitrogen and oxygen atoms in total. The maximum absolute atomic E-state index is 12.8. The third-order valence-electron chi connectivity index (χ3n) is 5.25. The largest absolute Gasteiger partial charge is 0.497 e. The predicted molar refractivity (Wildman–Crippen MR) is 99.6 cm³/mol. The van der Waals surface area contributed by atoms with Gasteiger partial charge in [0.1, 0.15) is 11.4 Å². The summed E-state index contributed by atoms with van der Waals surface area (Å²) in [5.74, 6) is 0.295. The van der Waals surface area contributed by atoms with Crippen LogP contribution in [-0.4, -0.2) is 23.0 Å². The number of aromatic nitrogens is 1. The van der Waals surface area contributed by atoms with Gasteiger partial charge in [-0.3, -0.25) is 4.79 Å². The van der Waals surface area contributed by atoms with Crippen molar-refractivity contribution in [2.24, 2.45) is 0 Å². The van der Waals surface area contributed by atoms with E-state index < -0.39 is 5.60 Å². The highest BCUT2D eigenvalue weighted by Crippen LogP contribution is 2.46. The Balaban J connectivity index is 2.06. The number of allylic oxidation sites excluding steroid dienone is 1. The minimum Gasteiger partial charge on any atom is -0.497 e. The molecule has 2 aromatic rings. The number of unbranched alkanes of at least 4 members (excludes halogenated alkanes) is 4. The van der Waals surface area contributed by atoms with Crippen LogP contribution in [0.4, 0.5) is 0 Å². The Morgan fingerprint density at radius 1 is 1.16 bits per heavy atom. The van der Waals surface area contributed by atoms with E-state index in [1.54, 1.807) is 6.92 Å². The second kappa shape index (κ2) is 7.04. The summed E-state index contributed by atoms with van der Waals surface area (Å²) in [5, 5.41) is 12.6. The summed E-state index contributed by atoms with van der Waals surface area (Å²) in [4.78, 5) is 16.0. The van der Waals surface area contributed by atoms with E-state index in [0.29, 0.717) is 29.0 Å². The molecule has 1 aromatic heterocycles. The summed E-state index contributed by atoms with van der Waals surface area (Å²) in [5.41, 5.74) is 1.27. The molecule has 0 aliphatic heterocycles. The molecule has 1 unspecified atom stereocenters. The van der Waals surface area contributed by atoms with Crippen molar-refractivity contribution in [3.05, 3.63) is 46.9 Å². The Hall–Kier alpha value is -2.07. The molecule has 25 heavy (non-hydrogen) atoms. The van der Waals surface area contributed by atoms with E-state index in [1.807, 2.05) is 24.3 Å². The second-order valence-corrected chi connectivity index (χ2v) is 6.93. The lowest BCUT2D eigenvalue weighted by molar-refractivity contribution is 0.00527. The van der Waals surface area contributed by atoms with Crippen molar-refractivity contribution in [2.45, 2.75) is 58.0 Å². The molecule has 1 aromatic carbocycles. The van der Waals surface area contributed by atoms with E-state index in [2.05, 4.69) is 11.9 Å². The first-order valence-electron chi connectivity index (χ1n) is 9.18. The van der Waals surface area contributed by atoms with E-state index in [9.17, 15) is 9.90 Å². The average molecular weight is 341 g/mol. The van der Waals surface area contributed by atoms with Gasteiger partial charge in [-0.1, -0.05) is 50.8 Å². The van der Waals surface area contributed by atoms with E-state index in [0.717, 1.165) is 30.2 Å². The molecule has 0 fully saturated rings. The Labute approximate surface area is 148 Å². The van der Waals surface area contributed by atoms with Crippen LogP contribution < -0.4 is 0 Å². The maximum Gasteiger partial charge on any atom is 0.208 e. The quantitative estimate of drug-likeness (QED) is 0.709. The third kappa shape index (κ3) is 2.89. The van der Waals surface area contributed by atoms with Crippen LogP contribution >= 0.6 is 0 Å². The standard InChI is InChI=1S/C21H27NO3/c1-4-5-6-7-10-13-21(24)17-15-11-8-9-12-16(15)22-18(17)19(23)14(2)20(21)25-3/h8-9,11-12,22,24H,4-7,10,13H2,1-3H3. The fraction of sp³-hybridized carbons (Fsp3) is 0.476. The lowest BCUT2D eigenvalue weighted by Crippen LogP contribution is -2.36. The number of aliphatic hydroxyl groups is 1. The Morgan fingerprint density at radius 2 is 1.88 bits per heavy atom. The number of fused-ring (bicyclic) bond motifs is 3. The van der Waals surface area contributed by atoms with Crippen LogP contribution in [0.2, 0.25) is 0 Å². The fourth-order valence-electron chi connectivity index (χ4n) is 4.00. The number of hydrogen-bond donors (Lipinski definition) is 2. The molecule has 1 aliphatic carbocycles. The molecular weight excluding hydrogens is 314 g/mol. The summed E-state index contributed by atoms with van der Waals surface area (Å²) in [6.07, 6.45) is 6.08. The first kappa shape index (κ1) is 17.7. The molecule has 0 amide bonds. The van der Waals surface area contributed by atoms with Crippen LogP contribution in [-0.2, 0) is 10.3 Å². The molecule has 0 saturated heterocycles. The summed E-state index contributed by atoms with van der Waals surface area (Å²) >= 11 is 0. The Bertz CT molecular complexity index is 818. The lowest BCUT2D eigenvalue weighted by Gasteiger charge is -2.35. The molecule has 0 saturated carbocycles. The molecule has 3 rings (SSSR count). The van der Waals surface area contributed by atoms with Crippen LogP contribution in [0.5, 0.6) is 0 Å². The van der Waals surface area contributed by atoms with Gasteiger partial charge in [-0.2, -0.15) is 0 Å². The number of H-pyrrole nitrogens is 1. The van der Waals surface area contributed by atoms with E-state index in [-0.39, 0.29) is 5.78 Å². The van der Waals surface area contributed by atoms with Gasteiger partial charge in [0.15, 0.2) is 0 Å². The monoisotopic (exact) mass is 341 g/mol. The molecule has 4 heteroatoms. The van der Waals surface area contributed by atoms with Gasteiger partial charge < -0.3 is 14.8 Å². The number of carbonyl (C=O) groups is 1. The average Bonchev–Trinajstić information content (AvgIpc) is 3.01. The normalized spacial score (nSPS) is 20.2. The van der Waals surface area contributed by atoms with Crippen molar-refractivity contribution >= 4 is 16.7 Å². The smallest absolute Gasteiger partial charge is 0.208 e. The maximum atomic E-state index is 12.8. The number of hydrogen-bond acceptors (Lipinski definition) is 3. The van der Waals surface area contributed by atoms with Gasteiger partial charge in [0.05, 0.1) is 12.8 Å². The number of para-hydroxylation sites is 1. The predicted octanol–water partition coefficient (Wildman–Crippen LogP) is 4.83. The van der Waals surface area contributed by atoms with Gasteiger partial charge in [0.2, 0.25) is 5.78 Å². The lowest BCUT2D eigenvalue weighted by atomic mass is 9.77. The molecule has 1 heterocycles. The van der Waals surface area contributed by atoms with Crippen LogP contribution in [0, 0.1) is 0 Å². The van der Waals surface area contributed by atoms with Crippen LogP contribution in [0.25, 0.3) is 10.9 Å². The van der Waals surface area contributed by atoms with E-state index in [4.69, 9.17) is 4.74 Å². The summed E-state index contributed by atoms with van der Waals surface area (Å²) in [7, 11) is 1.54. The number of aromatic amines is 1. The highest BCUT2D eigenvalue weighted by molar-refractivity contribution is 6.13. The molecule has 0 spiro atoms. The van der Waals surface area contributed by atoms with Crippen molar-refractivity contribution in [3.8, 4) is 0 Å². The topological polar surface area (TPSA) is 62.3 Å².